The number of rotatable bonds is 3. The number of nitrogens with zero attached hydrogens (tertiary/aromatic N) is 2. The zero-order valence-electron chi connectivity index (χ0n) is 15.7. The summed E-state index contributed by atoms with van der Waals surface area (Å²) in [5.74, 6) is -0.980. The Morgan fingerprint density at radius 3 is 2.45 bits per heavy atom. The van der Waals surface area contributed by atoms with Crippen LogP contribution in [0.25, 0.3) is 0 Å². The second-order valence-corrected chi connectivity index (χ2v) is 9.20. The maximum atomic E-state index is 13.4. The van der Waals surface area contributed by atoms with Gasteiger partial charge in [-0.1, -0.05) is 17.7 Å². The third kappa shape index (κ3) is 4.22. The fourth-order valence-electron chi connectivity index (χ4n) is 3.52. The van der Waals surface area contributed by atoms with Crippen molar-refractivity contribution >= 4 is 27.3 Å². The van der Waals surface area contributed by atoms with Crippen LogP contribution in [0.3, 0.4) is 0 Å². The Hall–Kier alpha value is -1.84. The van der Waals surface area contributed by atoms with Crippen molar-refractivity contribution < 1.29 is 26.0 Å². The lowest BCUT2D eigenvalue weighted by Crippen LogP contribution is -2.54. The van der Waals surface area contributed by atoms with E-state index >= 15 is 0 Å². The predicted molar refractivity (Wildman–Crippen MR) is 103 cm³/mol. The van der Waals surface area contributed by atoms with Crippen LogP contribution in [0, 0.1) is 12.7 Å². The topological polar surface area (TPSA) is 40.6 Å². The maximum absolute atomic E-state index is 13.4. The molecule has 0 saturated carbocycles. The Kier molecular flexibility index (Phi) is 5.86. The van der Waals surface area contributed by atoms with Gasteiger partial charge in [0.15, 0.2) is 0 Å². The van der Waals surface area contributed by atoms with Gasteiger partial charge in [0, 0.05) is 36.4 Å². The van der Waals surface area contributed by atoms with Gasteiger partial charge in [-0.3, -0.25) is 0 Å². The molecule has 29 heavy (non-hydrogen) atoms. The second-order valence-electron chi connectivity index (χ2n) is 6.93. The van der Waals surface area contributed by atoms with Gasteiger partial charge in [0.1, 0.15) is 5.82 Å². The third-order valence-corrected chi connectivity index (χ3v) is 7.54. The molecule has 1 aliphatic rings. The maximum Gasteiger partial charge on any atom is 0.418 e. The predicted octanol–water partition coefficient (Wildman–Crippen LogP) is 4.71. The summed E-state index contributed by atoms with van der Waals surface area (Å²) in [6.07, 6.45) is -4.72. The van der Waals surface area contributed by atoms with E-state index in [2.05, 4.69) is 0 Å². The highest BCUT2D eigenvalue weighted by Crippen LogP contribution is 2.38. The van der Waals surface area contributed by atoms with Gasteiger partial charge in [-0.25, -0.2) is 12.8 Å². The van der Waals surface area contributed by atoms with Crippen molar-refractivity contribution in [3.05, 3.63) is 58.4 Å². The fraction of sp³-hybridized carbons (Fsp3) is 0.368. The summed E-state index contributed by atoms with van der Waals surface area (Å²) in [5, 5.41) is 0.318. The smallest absolute Gasteiger partial charge is 0.368 e. The van der Waals surface area contributed by atoms with Gasteiger partial charge >= 0.3 is 6.18 Å². The fourth-order valence-corrected chi connectivity index (χ4v) is 5.61. The molecule has 0 aliphatic carbocycles. The molecule has 0 spiro atoms. The van der Waals surface area contributed by atoms with Gasteiger partial charge in [-0.05, 0) is 49.7 Å². The van der Waals surface area contributed by atoms with E-state index in [0.717, 1.165) is 12.1 Å². The largest absolute Gasteiger partial charge is 0.418 e. The first-order chi connectivity index (χ1) is 13.4. The highest BCUT2D eigenvalue weighted by Gasteiger charge is 2.39. The number of halogens is 5. The van der Waals surface area contributed by atoms with Crippen LogP contribution in [0.4, 0.5) is 23.2 Å². The second kappa shape index (κ2) is 7.77. The summed E-state index contributed by atoms with van der Waals surface area (Å²) in [5.41, 5.74) is -0.824. The molecule has 1 saturated heterocycles. The van der Waals surface area contributed by atoms with Gasteiger partial charge in [0.05, 0.1) is 10.5 Å². The molecule has 1 heterocycles. The first-order valence-corrected chi connectivity index (χ1v) is 10.6. The summed E-state index contributed by atoms with van der Waals surface area (Å²) in [4.78, 5) is 1.51. The van der Waals surface area contributed by atoms with Crippen LogP contribution in [0.5, 0.6) is 0 Å². The van der Waals surface area contributed by atoms with E-state index in [1.165, 1.54) is 21.3 Å². The van der Waals surface area contributed by atoms with Crippen molar-refractivity contribution in [2.24, 2.45) is 0 Å². The van der Waals surface area contributed by atoms with Crippen LogP contribution in [-0.4, -0.2) is 38.4 Å². The molecule has 0 unspecified atom stereocenters. The van der Waals surface area contributed by atoms with Crippen molar-refractivity contribution in [3.63, 3.8) is 0 Å². The van der Waals surface area contributed by atoms with Gasteiger partial charge in [0.2, 0.25) is 10.0 Å². The highest BCUT2D eigenvalue weighted by molar-refractivity contribution is 7.89. The monoisotopic (exact) mass is 450 g/mol. The minimum Gasteiger partial charge on any atom is -0.368 e. The molecule has 158 valence electrons. The first-order valence-electron chi connectivity index (χ1n) is 8.81. The van der Waals surface area contributed by atoms with Gasteiger partial charge in [-0.15, -0.1) is 0 Å². The van der Waals surface area contributed by atoms with Crippen LogP contribution in [0.2, 0.25) is 5.02 Å². The van der Waals surface area contributed by atoms with E-state index in [1.807, 2.05) is 0 Å². The van der Waals surface area contributed by atoms with E-state index < -0.39 is 33.6 Å². The van der Waals surface area contributed by atoms with Crippen molar-refractivity contribution in [2.75, 3.05) is 24.5 Å². The summed E-state index contributed by atoms with van der Waals surface area (Å²) in [7, 11) is -3.88. The molecule has 2 aromatic carbocycles. The Labute approximate surface area is 171 Å². The lowest BCUT2D eigenvalue weighted by Gasteiger charge is -2.41. The quantitative estimate of drug-likeness (QED) is 0.636. The molecule has 1 atom stereocenters. The molecule has 1 aliphatic heterocycles. The molecule has 0 radical (unpaired) electrons. The number of anilines is 1. The van der Waals surface area contributed by atoms with E-state index in [-0.39, 0.29) is 30.2 Å². The molecular formula is C19H19ClF4N2O2S. The van der Waals surface area contributed by atoms with Gasteiger partial charge < -0.3 is 4.90 Å². The number of sulfonamides is 1. The van der Waals surface area contributed by atoms with E-state index in [4.69, 9.17) is 11.6 Å². The summed E-state index contributed by atoms with van der Waals surface area (Å²) in [6, 6.07) is 6.49. The van der Waals surface area contributed by atoms with Crippen LogP contribution in [0.15, 0.2) is 41.3 Å². The molecule has 2 aromatic rings. The molecule has 10 heteroatoms. The molecule has 1 fully saturated rings. The Morgan fingerprint density at radius 1 is 1.14 bits per heavy atom. The summed E-state index contributed by atoms with van der Waals surface area (Å²) < 4.78 is 80.9. The molecule has 0 bridgehead atoms. The number of benzene rings is 2. The first kappa shape index (κ1) is 21.9. The minimum atomic E-state index is -4.72. The molecule has 0 N–H and O–H groups in total. The Morgan fingerprint density at radius 2 is 1.83 bits per heavy atom. The minimum absolute atomic E-state index is 0.00979. The van der Waals surface area contributed by atoms with Crippen molar-refractivity contribution in [2.45, 2.75) is 31.0 Å². The van der Waals surface area contributed by atoms with E-state index in [0.29, 0.717) is 16.7 Å². The number of hydrogen-bond acceptors (Lipinski definition) is 3. The Bertz CT molecular complexity index is 1030. The average molecular weight is 451 g/mol. The standard InChI is InChI=1S/C19H19ClF4N2O2S/c1-12-11-25(17-7-6-14(21)10-15(17)19(22,23)24)8-9-26(12)29(27,28)18-5-3-4-16(20)13(18)2/h3-7,10,12H,8-9,11H2,1-2H3/t12-/m1/s1. The lowest BCUT2D eigenvalue weighted by molar-refractivity contribution is -0.137. The molecule has 0 amide bonds. The van der Waals surface area contributed by atoms with Crippen molar-refractivity contribution in [1.29, 1.82) is 0 Å². The van der Waals surface area contributed by atoms with Crippen molar-refractivity contribution in [3.8, 4) is 0 Å². The average Bonchev–Trinajstić information content (AvgIpc) is 2.62. The molecule has 3 rings (SSSR count). The third-order valence-electron chi connectivity index (χ3n) is 4.98. The van der Waals surface area contributed by atoms with Crippen LogP contribution < -0.4 is 4.90 Å². The zero-order valence-corrected chi connectivity index (χ0v) is 17.2. The summed E-state index contributed by atoms with van der Waals surface area (Å²) >= 11 is 6.04. The molecular weight excluding hydrogens is 432 g/mol. The zero-order chi connectivity index (χ0) is 21.6. The molecule has 0 aromatic heterocycles. The Balaban J connectivity index is 1.90. The SMILES string of the molecule is Cc1c(Cl)cccc1S(=O)(=O)N1CCN(c2ccc(F)cc2C(F)(F)F)C[C@H]1C. The summed E-state index contributed by atoms with van der Waals surface area (Å²) in [6.45, 7) is 3.29. The van der Waals surface area contributed by atoms with Crippen LogP contribution in [0.1, 0.15) is 18.1 Å². The van der Waals surface area contributed by atoms with Crippen LogP contribution in [-0.2, 0) is 16.2 Å². The van der Waals surface area contributed by atoms with Crippen LogP contribution >= 0.6 is 11.6 Å². The lowest BCUT2D eigenvalue weighted by atomic mass is 10.1. The number of alkyl halides is 3. The number of piperazine rings is 1. The normalized spacial score (nSPS) is 18.9. The molecule has 4 nitrogen and oxygen atoms in total. The highest BCUT2D eigenvalue weighted by atomic mass is 35.5. The number of hydrogen-bond donors (Lipinski definition) is 0. The van der Waals surface area contributed by atoms with Gasteiger partial charge in [-0.2, -0.15) is 17.5 Å². The van der Waals surface area contributed by atoms with E-state index in [1.54, 1.807) is 19.9 Å². The van der Waals surface area contributed by atoms with Crippen molar-refractivity contribution in [1.82, 2.24) is 4.31 Å². The van der Waals surface area contributed by atoms with E-state index in [9.17, 15) is 26.0 Å². The van der Waals surface area contributed by atoms with Gasteiger partial charge in [0.25, 0.3) is 0 Å².